The van der Waals surface area contributed by atoms with E-state index in [1.807, 2.05) is 20.8 Å². The van der Waals surface area contributed by atoms with Crippen molar-refractivity contribution >= 4 is 6.09 Å². The molecule has 7 heteroatoms. The summed E-state index contributed by atoms with van der Waals surface area (Å²) in [7, 11) is 0. The van der Waals surface area contributed by atoms with Crippen LogP contribution < -0.4 is 0 Å². The van der Waals surface area contributed by atoms with E-state index in [0.29, 0.717) is 18.9 Å². The van der Waals surface area contributed by atoms with Crippen LogP contribution in [-0.4, -0.2) is 49.6 Å². The summed E-state index contributed by atoms with van der Waals surface area (Å²) in [5.74, 6) is 0.430. The third-order valence-electron chi connectivity index (χ3n) is 3.19. The molecule has 1 N–H and O–H groups in total. The zero-order valence-electron chi connectivity index (χ0n) is 12.2. The molecule has 2 rings (SSSR count). The van der Waals surface area contributed by atoms with E-state index < -0.39 is 5.60 Å². The fraction of sp³-hybridized carbons (Fsp3) is 0.769. The van der Waals surface area contributed by atoms with Gasteiger partial charge in [-0.15, -0.1) is 0 Å². The summed E-state index contributed by atoms with van der Waals surface area (Å²) in [5.41, 5.74) is -0.462. The molecule has 1 fully saturated rings. The third kappa shape index (κ3) is 3.69. The van der Waals surface area contributed by atoms with Crippen molar-refractivity contribution in [3.8, 4) is 0 Å². The molecular formula is C13H22N4O3. The highest BCUT2D eigenvalue weighted by atomic mass is 16.6. The van der Waals surface area contributed by atoms with Gasteiger partial charge in [0.05, 0.1) is 6.04 Å². The summed E-state index contributed by atoms with van der Waals surface area (Å²) in [5, 5.41) is 13.2. The maximum Gasteiger partial charge on any atom is 0.410 e. The van der Waals surface area contributed by atoms with Crippen molar-refractivity contribution < 1.29 is 14.6 Å². The number of hydrogen-bond acceptors (Lipinski definition) is 5. The largest absolute Gasteiger partial charge is 0.444 e. The van der Waals surface area contributed by atoms with Crippen molar-refractivity contribution in [1.29, 1.82) is 0 Å². The SMILES string of the molecule is CC(C)(C)OC(=O)N1CCC(n2cnc(CO)n2)CC1. The topological polar surface area (TPSA) is 80.5 Å². The van der Waals surface area contributed by atoms with Crippen LogP contribution in [0.25, 0.3) is 0 Å². The van der Waals surface area contributed by atoms with E-state index in [1.54, 1.807) is 15.9 Å². The quantitative estimate of drug-likeness (QED) is 0.885. The van der Waals surface area contributed by atoms with Crippen LogP contribution in [0.15, 0.2) is 6.33 Å². The fourth-order valence-electron chi connectivity index (χ4n) is 2.20. The number of likely N-dealkylation sites (tertiary alicyclic amines) is 1. The van der Waals surface area contributed by atoms with Crippen LogP contribution in [0.4, 0.5) is 4.79 Å². The minimum absolute atomic E-state index is 0.149. The van der Waals surface area contributed by atoms with Crippen LogP contribution in [-0.2, 0) is 11.3 Å². The monoisotopic (exact) mass is 282 g/mol. The first-order valence-electron chi connectivity index (χ1n) is 6.88. The van der Waals surface area contributed by atoms with Crippen molar-refractivity contribution in [3.63, 3.8) is 0 Å². The lowest BCUT2D eigenvalue weighted by molar-refractivity contribution is 0.0184. The Balaban J connectivity index is 1.87. The van der Waals surface area contributed by atoms with Crippen molar-refractivity contribution in [1.82, 2.24) is 19.7 Å². The van der Waals surface area contributed by atoms with Gasteiger partial charge in [0.2, 0.25) is 0 Å². The molecule has 1 amide bonds. The van der Waals surface area contributed by atoms with Crippen molar-refractivity contribution in [2.75, 3.05) is 13.1 Å². The molecule has 112 valence electrons. The van der Waals surface area contributed by atoms with Crippen LogP contribution in [0.3, 0.4) is 0 Å². The molecule has 1 saturated heterocycles. The number of hydrogen-bond donors (Lipinski definition) is 1. The lowest BCUT2D eigenvalue weighted by Gasteiger charge is -2.33. The van der Waals surface area contributed by atoms with Crippen LogP contribution in [0.5, 0.6) is 0 Å². The lowest BCUT2D eigenvalue weighted by atomic mass is 10.1. The van der Waals surface area contributed by atoms with Gasteiger partial charge in [-0.05, 0) is 33.6 Å². The highest BCUT2D eigenvalue weighted by Gasteiger charge is 2.27. The van der Waals surface area contributed by atoms with Crippen LogP contribution in [0, 0.1) is 0 Å². The second-order valence-electron chi connectivity index (χ2n) is 6.00. The molecule has 7 nitrogen and oxygen atoms in total. The van der Waals surface area contributed by atoms with E-state index in [9.17, 15) is 4.79 Å². The van der Waals surface area contributed by atoms with E-state index in [1.165, 1.54) is 0 Å². The summed E-state index contributed by atoms with van der Waals surface area (Å²) in [6, 6.07) is 0.224. The first kappa shape index (κ1) is 14.8. The number of nitrogens with zero attached hydrogens (tertiary/aromatic N) is 4. The molecule has 0 aliphatic carbocycles. The number of carbonyl (C=O) groups is 1. The van der Waals surface area contributed by atoms with E-state index >= 15 is 0 Å². The second-order valence-corrected chi connectivity index (χ2v) is 6.00. The molecule has 1 aliphatic rings. The molecule has 0 unspecified atom stereocenters. The highest BCUT2D eigenvalue weighted by molar-refractivity contribution is 5.68. The molecule has 0 bridgehead atoms. The highest BCUT2D eigenvalue weighted by Crippen LogP contribution is 2.23. The minimum atomic E-state index is -0.462. The maximum atomic E-state index is 11.9. The zero-order chi connectivity index (χ0) is 14.8. The summed E-state index contributed by atoms with van der Waals surface area (Å²) in [4.78, 5) is 17.7. The Morgan fingerprint density at radius 1 is 1.45 bits per heavy atom. The molecule has 0 atom stereocenters. The Morgan fingerprint density at radius 3 is 2.60 bits per heavy atom. The third-order valence-corrected chi connectivity index (χ3v) is 3.19. The van der Waals surface area contributed by atoms with Gasteiger partial charge < -0.3 is 14.7 Å². The van der Waals surface area contributed by atoms with E-state index in [4.69, 9.17) is 9.84 Å². The number of rotatable bonds is 2. The molecule has 1 aliphatic heterocycles. The molecule has 0 radical (unpaired) electrons. The van der Waals surface area contributed by atoms with Gasteiger partial charge in [-0.3, -0.25) is 0 Å². The summed E-state index contributed by atoms with van der Waals surface area (Å²) < 4.78 is 7.13. The minimum Gasteiger partial charge on any atom is -0.444 e. The number of carbonyl (C=O) groups excluding carboxylic acids is 1. The van der Waals surface area contributed by atoms with Crippen LogP contribution in [0.2, 0.25) is 0 Å². The molecule has 20 heavy (non-hydrogen) atoms. The van der Waals surface area contributed by atoms with Crippen molar-refractivity contribution in [2.24, 2.45) is 0 Å². The molecule has 0 spiro atoms. The fourth-order valence-corrected chi connectivity index (χ4v) is 2.20. The van der Waals surface area contributed by atoms with E-state index in [-0.39, 0.29) is 18.7 Å². The smallest absolute Gasteiger partial charge is 0.410 e. The average Bonchev–Trinajstić information content (AvgIpc) is 2.85. The summed E-state index contributed by atoms with van der Waals surface area (Å²) in [6.07, 6.45) is 3.01. The van der Waals surface area contributed by atoms with Gasteiger partial charge in [-0.25, -0.2) is 14.5 Å². The number of aromatic nitrogens is 3. The molecule has 0 saturated carbocycles. The normalized spacial score (nSPS) is 17.3. The summed E-state index contributed by atoms with van der Waals surface area (Å²) >= 11 is 0. The van der Waals surface area contributed by atoms with Crippen molar-refractivity contribution in [3.05, 3.63) is 12.2 Å². The predicted molar refractivity (Wildman–Crippen MR) is 72.0 cm³/mol. The number of aliphatic hydroxyl groups is 1. The predicted octanol–water partition coefficient (Wildman–Crippen LogP) is 1.34. The Labute approximate surface area is 118 Å². The molecule has 0 aromatic carbocycles. The average molecular weight is 282 g/mol. The molecular weight excluding hydrogens is 260 g/mol. The lowest BCUT2D eigenvalue weighted by Crippen LogP contribution is -2.42. The van der Waals surface area contributed by atoms with Crippen LogP contribution >= 0.6 is 0 Å². The van der Waals surface area contributed by atoms with Gasteiger partial charge in [0.25, 0.3) is 0 Å². The Hall–Kier alpha value is -1.63. The Bertz CT molecular complexity index is 458. The van der Waals surface area contributed by atoms with Gasteiger partial charge in [0, 0.05) is 13.1 Å². The number of aliphatic hydroxyl groups excluding tert-OH is 1. The second kappa shape index (κ2) is 5.78. The first-order chi connectivity index (χ1) is 9.39. The number of amides is 1. The molecule has 1 aromatic heterocycles. The maximum absolute atomic E-state index is 11.9. The van der Waals surface area contributed by atoms with E-state index in [2.05, 4.69) is 10.1 Å². The number of ether oxygens (including phenoxy) is 1. The Morgan fingerprint density at radius 2 is 2.10 bits per heavy atom. The van der Waals surface area contributed by atoms with Gasteiger partial charge in [-0.1, -0.05) is 0 Å². The van der Waals surface area contributed by atoms with E-state index in [0.717, 1.165) is 12.8 Å². The van der Waals surface area contributed by atoms with Crippen molar-refractivity contribution in [2.45, 2.75) is 51.9 Å². The van der Waals surface area contributed by atoms with Crippen LogP contribution in [0.1, 0.15) is 45.5 Å². The van der Waals surface area contributed by atoms with Gasteiger partial charge in [0.15, 0.2) is 5.82 Å². The summed E-state index contributed by atoms with van der Waals surface area (Å²) in [6.45, 7) is 6.74. The van der Waals surface area contributed by atoms with Gasteiger partial charge in [0.1, 0.15) is 18.5 Å². The van der Waals surface area contributed by atoms with Gasteiger partial charge >= 0.3 is 6.09 Å². The molecule has 1 aromatic rings. The van der Waals surface area contributed by atoms with Gasteiger partial charge in [-0.2, -0.15) is 5.10 Å². The first-order valence-corrected chi connectivity index (χ1v) is 6.88. The zero-order valence-corrected chi connectivity index (χ0v) is 12.2. The molecule has 2 heterocycles. The standard InChI is InChI=1S/C13H22N4O3/c1-13(2,3)20-12(19)16-6-4-10(5-7-16)17-9-14-11(8-18)15-17/h9-10,18H,4-8H2,1-3H3. The number of piperidine rings is 1. The Kier molecular flexibility index (Phi) is 4.27.